The number of piperidine rings is 2. The van der Waals surface area contributed by atoms with Gasteiger partial charge in [-0.25, -0.2) is 0 Å². The van der Waals surface area contributed by atoms with Crippen LogP contribution in [0.15, 0.2) is 42.7 Å². The van der Waals surface area contributed by atoms with Crippen molar-refractivity contribution >= 4 is 17.5 Å². The highest BCUT2D eigenvalue weighted by Gasteiger charge is 2.42. The number of benzene rings is 1. The number of anilines is 1. The van der Waals surface area contributed by atoms with Crippen LogP contribution in [0.1, 0.15) is 37.7 Å². The normalized spacial score (nSPS) is 19.4. The van der Waals surface area contributed by atoms with E-state index in [9.17, 15) is 9.59 Å². The molecule has 0 bridgehead atoms. The highest BCUT2D eigenvalue weighted by atomic mass is 16.2. The van der Waals surface area contributed by atoms with Crippen LogP contribution in [0, 0.1) is 0 Å². The molecule has 4 rings (SSSR count). The first-order chi connectivity index (χ1) is 13.7. The summed E-state index contributed by atoms with van der Waals surface area (Å²) in [7, 11) is 0. The molecule has 2 aromatic rings. The number of aromatic nitrogens is 2. The van der Waals surface area contributed by atoms with Gasteiger partial charge in [-0.2, -0.15) is 5.10 Å². The maximum Gasteiger partial charge on any atom is 0.252 e. The Labute approximate surface area is 165 Å². The van der Waals surface area contributed by atoms with Crippen LogP contribution < -0.4 is 10.6 Å². The molecule has 7 heteroatoms. The number of carbonyl (C=O) groups excluding carboxylic acids is 2. The Hall–Kier alpha value is -2.67. The van der Waals surface area contributed by atoms with E-state index < -0.39 is 5.54 Å². The number of carbonyl (C=O) groups is 2. The van der Waals surface area contributed by atoms with Crippen molar-refractivity contribution in [2.24, 2.45) is 0 Å². The summed E-state index contributed by atoms with van der Waals surface area (Å²) in [4.78, 5) is 27.3. The number of hydrogen-bond acceptors (Lipinski definition) is 4. The Morgan fingerprint density at radius 2 is 2.07 bits per heavy atom. The molecule has 2 fully saturated rings. The monoisotopic (exact) mass is 381 g/mol. The lowest BCUT2D eigenvalue weighted by Crippen LogP contribution is -2.52. The van der Waals surface area contributed by atoms with Gasteiger partial charge in [0.2, 0.25) is 5.91 Å². The zero-order chi connectivity index (χ0) is 19.4. The predicted octanol–water partition coefficient (Wildman–Crippen LogP) is 2.11. The predicted molar refractivity (Wildman–Crippen MR) is 107 cm³/mol. The van der Waals surface area contributed by atoms with E-state index in [1.54, 1.807) is 10.9 Å². The Kier molecular flexibility index (Phi) is 5.43. The van der Waals surface area contributed by atoms with Crippen LogP contribution in [-0.2, 0) is 21.7 Å². The van der Waals surface area contributed by atoms with Crippen molar-refractivity contribution in [3.8, 4) is 0 Å². The van der Waals surface area contributed by atoms with E-state index in [0.717, 1.165) is 43.7 Å². The molecule has 2 amide bonds. The van der Waals surface area contributed by atoms with E-state index in [0.29, 0.717) is 25.8 Å². The second-order valence-corrected chi connectivity index (χ2v) is 7.66. The van der Waals surface area contributed by atoms with Crippen LogP contribution >= 0.6 is 0 Å². The summed E-state index contributed by atoms with van der Waals surface area (Å²) < 4.78 is 1.79. The average molecular weight is 381 g/mol. The third kappa shape index (κ3) is 3.80. The van der Waals surface area contributed by atoms with E-state index in [1.165, 1.54) is 0 Å². The van der Waals surface area contributed by atoms with Gasteiger partial charge in [0.1, 0.15) is 5.54 Å². The van der Waals surface area contributed by atoms with Crippen molar-refractivity contribution in [2.45, 2.75) is 44.2 Å². The first kappa shape index (κ1) is 18.7. The fraction of sp³-hybridized carbons (Fsp3) is 0.476. The molecule has 2 N–H and O–H groups in total. The van der Waals surface area contributed by atoms with Crippen molar-refractivity contribution < 1.29 is 9.59 Å². The average Bonchev–Trinajstić information content (AvgIpc) is 3.26. The number of likely N-dealkylation sites (tertiary alicyclic amines) is 1. The van der Waals surface area contributed by atoms with Crippen LogP contribution in [0.25, 0.3) is 0 Å². The Bertz CT molecular complexity index is 827. The molecule has 2 saturated heterocycles. The molecule has 28 heavy (non-hydrogen) atoms. The highest BCUT2D eigenvalue weighted by molar-refractivity contribution is 5.96. The third-order valence-electron chi connectivity index (χ3n) is 5.78. The fourth-order valence-corrected chi connectivity index (χ4v) is 4.17. The Balaban J connectivity index is 1.50. The fourth-order valence-electron chi connectivity index (χ4n) is 4.17. The maximum absolute atomic E-state index is 13.3. The molecular formula is C21H27N5O2. The third-order valence-corrected chi connectivity index (χ3v) is 5.78. The SMILES string of the molecule is O=C1CCCCN1Cc1cccc(NC(=O)C2(n3cccn3)CCNCC2)c1. The molecule has 1 aromatic heterocycles. The van der Waals surface area contributed by atoms with Gasteiger partial charge in [0, 0.05) is 37.6 Å². The quantitative estimate of drug-likeness (QED) is 0.831. The van der Waals surface area contributed by atoms with Gasteiger partial charge in [0.05, 0.1) is 0 Å². The van der Waals surface area contributed by atoms with Crippen molar-refractivity contribution in [3.63, 3.8) is 0 Å². The maximum atomic E-state index is 13.3. The Morgan fingerprint density at radius 1 is 1.21 bits per heavy atom. The van der Waals surface area contributed by atoms with Gasteiger partial charge < -0.3 is 15.5 Å². The van der Waals surface area contributed by atoms with Crippen LogP contribution in [0.5, 0.6) is 0 Å². The molecule has 3 heterocycles. The zero-order valence-corrected chi connectivity index (χ0v) is 16.1. The molecule has 0 radical (unpaired) electrons. The van der Waals surface area contributed by atoms with E-state index >= 15 is 0 Å². The second-order valence-electron chi connectivity index (χ2n) is 7.66. The molecule has 1 aromatic carbocycles. The zero-order valence-electron chi connectivity index (χ0n) is 16.1. The summed E-state index contributed by atoms with van der Waals surface area (Å²) >= 11 is 0. The van der Waals surface area contributed by atoms with Gasteiger partial charge >= 0.3 is 0 Å². The lowest BCUT2D eigenvalue weighted by molar-refractivity contribution is -0.133. The Morgan fingerprint density at radius 3 is 2.82 bits per heavy atom. The van der Waals surface area contributed by atoms with Crippen LogP contribution in [0.4, 0.5) is 5.69 Å². The minimum atomic E-state index is -0.673. The van der Waals surface area contributed by atoms with Crippen molar-refractivity contribution in [3.05, 3.63) is 48.3 Å². The molecule has 0 saturated carbocycles. The molecule has 7 nitrogen and oxygen atoms in total. The van der Waals surface area contributed by atoms with Gasteiger partial charge in [-0.3, -0.25) is 14.3 Å². The number of nitrogens with one attached hydrogen (secondary N) is 2. The van der Waals surface area contributed by atoms with Gasteiger partial charge in [-0.1, -0.05) is 12.1 Å². The minimum Gasteiger partial charge on any atom is -0.338 e. The summed E-state index contributed by atoms with van der Waals surface area (Å²) in [6.45, 7) is 2.97. The number of rotatable bonds is 5. The number of nitrogens with zero attached hydrogens (tertiary/aromatic N) is 3. The van der Waals surface area contributed by atoms with E-state index in [4.69, 9.17) is 0 Å². The molecule has 2 aliphatic rings. The largest absolute Gasteiger partial charge is 0.338 e. The summed E-state index contributed by atoms with van der Waals surface area (Å²) in [6, 6.07) is 9.66. The van der Waals surface area contributed by atoms with Crippen molar-refractivity contribution in [1.29, 1.82) is 0 Å². The summed E-state index contributed by atoms with van der Waals surface area (Å²) in [5.74, 6) is 0.178. The van der Waals surface area contributed by atoms with Crippen LogP contribution in [0.2, 0.25) is 0 Å². The molecule has 2 aliphatic heterocycles. The molecule has 148 valence electrons. The highest BCUT2D eigenvalue weighted by Crippen LogP contribution is 2.29. The van der Waals surface area contributed by atoms with E-state index in [-0.39, 0.29) is 11.8 Å². The first-order valence-corrected chi connectivity index (χ1v) is 10.1. The van der Waals surface area contributed by atoms with Gasteiger partial charge in [-0.15, -0.1) is 0 Å². The van der Waals surface area contributed by atoms with Gasteiger partial charge in [-0.05, 0) is 62.5 Å². The summed E-state index contributed by atoms with van der Waals surface area (Å²) in [5.41, 5.74) is 1.12. The van der Waals surface area contributed by atoms with Gasteiger partial charge in [0.25, 0.3) is 5.91 Å². The smallest absolute Gasteiger partial charge is 0.252 e. The lowest BCUT2D eigenvalue weighted by Gasteiger charge is -2.36. The molecule has 0 aliphatic carbocycles. The summed E-state index contributed by atoms with van der Waals surface area (Å²) in [6.07, 6.45) is 7.65. The molecule has 0 atom stereocenters. The van der Waals surface area contributed by atoms with Crippen molar-refractivity contribution in [1.82, 2.24) is 20.0 Å². The molecular weight excluding hydrogens is 354 g/mol. The first-order valence-electron chi connectivity index (χ1n) is 10.1. The van der Waals surface area contributed by atoms with E-state index in [2.05, 4.69) is 15.7 Å². The van der Waals surface area contributed by atoms with Crippen LogP contribution in [-0.4, -0.2) is 46.1 Å². The van der Waals surface area contributed by atoms with Gasteiger partial charge in [0.15, 0.2) is 0 Å². The lowest BCUT2D eigenvalue weighted by atomic mass is 9.87. The molecule has 0 unspecified atom stereocenters. The van der Waals surface area contributed by atoms with E-state index in [1.807, 2.05) is 41.4 Å². The number of amides is 2. The molecule has 0 spiro atoms. The standard InChI is InChI=1S/C21H27N5O2/c27-19-7-1-2-13-25(19)16-17-5-3-6-18(15-17)24-20(28)21(8-11-22-12-9-21)26-14-4-10-23-26/h3-6,10,14-15,22H,1-2,7-9,11-13,16H2,(H,24,28). The number of hydrogen-bond donors (Lipinski definition) is 2. The topological polar surface area (TPSA) is 79.3 Å². The second kappa shape index (κ2) is 8.14. The van der Waals surface area contributed by atoms with Crippen molar-refractivity contribution in [2.75, 3.05) is 25.0 Å². The summed E-state index contributed by atoms with van der Waals surface area (Å²) in [5, 5.41) is 10.8. The minimum absolute atomic E-state index is 0.0381. The van der Waals surface area contributed by atoms with Crippen LogP contribution in [0.3, 0.4) is 0 Å².